The normalized spacial score (nSPS) is 11.1. The summed E-state index contributed by atoms with van der Waals surface area (Å²) in [6, 6.07) is 12.5. The van der Waals surface area contributed by atoms with Crippen LogP contribution in [-0.4, -0.2) is 24.4 Å². The Balaban J connectivity index is 1.62. The highest BCUT2D eigenvalue weighted by Gasteiger charge is 2.31. The molecule has 0 aliphatic rings. The minimum Gasteiger partial charge on any atom is -0.497 e. The molecule has 3 rings (SSSR count). The predicted octanol–water partition coefficient (Wildman–Crippen LogP) is 4.90. The Morgan fingerprint density at radius 3 is 2.57 bits per heavy atom. The number of benzene rings is 2. The van der Waals surface area contributed by atoms with E-state index in [0.717, 1.165) is 28.5 Å². The van der Waals surface area contributed by atoms with Crippen LogP contribution < -0.4 is 14.8 Å². The van der Waals surface area contributed by atoms with Crippen LogP contribution in [0.2, 0.25) is 0 Å². The number of ether oxygens (including phenoxy) is 2. The lowest BCUT2D eigenvalue weighted by atomic mass is 10.2. The largest absolute Gasteiger partial charge is 0.573 e. The molecule has 0 atom stereocenters. The van der Waals surface area contributed by atoms with E-state index in [1.165, 1.54) is 23.5 Å². The zero-order valence-corrected chi connectivity index (χ0v) is 15.4. The number of hydrogen-bond acceptors (Lipinski definition) is 5. The molecule has 5 nitrogen and oxygen atoms in total. The van der Waals surface area contributed by atoms with Gasteiger partial charge in [-0.05, 0) is 36.4 Å². The number of carbonyl (C=O) groups excluding carboxylic acids is 1. The molecule has 0 spiro atoms. The molecular formula is C19H15F3N2O3S. The van der Waals surface area contributed by atoms with Crippen LogP contribution in [0.5, 0.6) is 11.5 Å². The number of thiazole rings is 1. The standard InChI is InChI=1S/C19H15F3N2O3S/c1-26-15-7-5-12(6-8-15)18-24-14(11-28-18)10-17(25)23-13-3-2-4-16(9-13)27-19(20,21)22/h2-9,11H,10H2,1H3,(H,23,25). The minimum absolute atomic E-state index is 0.00297. The van der Waals surface area contributed by atoms with Crippen molar-refractivity contribution in [2.75, 3.05) is 12.4 Å². The lowest BCUT2D eigenvalue weighted by molar-refractivity contribution is -0.274. The predicted molar refractivity (Wildman–Crippen MR) is 99.6 cm³/mol. The van der Waals surface area contributed by atoms with Crippen LogP contribution in [-0.2, 0) is 11.2 Å². The maximum absolute atomic E-state index is 12.3. The van der Waals surface area contributed by atoms with Crippen LogP contribution >= 0.6 is 11.3 Å². The van der Waals surface area contributed by atoms with E-state index >= 15 is 0 Å². The molecular weight excluding hydrogens is 393 g/mol. The van der Waals surface area contributed by atoms with Gasteiger partial charge in [0, 0.05) is 22.7 Å². The number of carbonyl (C=O) groups is 1. The summed E-state index contributed by atoms with van der Waals surface area (Å²) >= 11 is 1.40. The van der Waals surface area contributed by atoms with E-state index in [-0.39, 0.29) is 12.1 Å². The molecule has 0 fully saturated rings. The summed E-state index contributed by atoms with van der Waals surface area (Å²) in [6.45, 7) is 0. The number of alkyl halides is 3. The van der Waals surface area contributed by atoms with Gasteiger partial charge in [-0.3, -0.25) is 4.79 Å². The molecule has 0 radical (unpaired) electrons. The molecule has 1 aromatic heterocycles. The Morgan fingerprint density at radius 2 is 1.89 bits per heavy atom. The molecule has 0 saturated heterocycles. The molecule has 0 unspecified atom stereocenters. The fraction of sp³-hybridized carbons (Fsp3) is 0.158. The smallest absolute Gasteiger partial charge is 0.497 e. The lowest BCUT2D eigenvalue weighted by Crippen LogP contribution is -2.18. The van der Waals surface area contributed by atoms with Gasteiger partial charge < -0.3 is 14.8 Å². The van der Waals surface area contributed by atoms with Crippen molar-refractivity contribution in [2.24, 2.45) is 0 Å². The summed E-state index contributed by atoms with van der Waals surface area (Å²) in [7, 11) is 1.58. The molecule has 146 valence electrons. The average molecular weight is 408 g/mol. The van der Waals surface area contributed by atoms with Crippen molar-refractivity contribution >= 4 is 22.9 Å². The molecule has 3 aromatic rings. The third-order valence-electron chi connectivity index (χ3n) is 3.58. The van der Waals surface area contributed by atoms with Gasteiger partial charge in [-0.15, -0.1) is 24.5 Å². The number of aromatic nitrogens is 1. The monoisotopic (exact) mass is 408 g/mol. The molecule has 1 N–H and O–H groups in total. The van der Waals surface area contributed by atoms with Crippen molar-refractivity contribution in [3.05, 3.63) is 59.6 Å². The zero-order valence-electron chi connectivity index (χ0n) is 14.6. The van der Waals surface area contributed by atoms with E-state index in [1.807, 2.05) is 24.3 Å². The van der Waals surface area contributed by atoms with Crippen molar-refractivity contribution in [3.8, 4) is 22.1 Å². The quantitative estimate of drug-likeness (QED) is 0.630. The number of amides is 1. The van der Waals surface area contributed by atoms with E-state index in [0.29, 0.717) is 5.69 Å². The second-order valence-corrected chi connectivity index (χ2v) is 6.53. The summed E-state index contributed by atoms with van der Waals surface area (Å²) in [5, 5.41) is 5.06. The van der Waals surface area contributed by atoms with E-state index < -0.39 is 18.0 Å². The van der Waals surface area contributed by atoms with Gasteiger partial charge in [0.2, 0.25) is 5.91 Å². The first-order valence-corrected chi connectivity index (χ1v) is 8.95. The van der Waals surface area contributed by atoms with Crippen LogP contribution in [0, 0.1) is 0 Å². The lowest BCUT2D eigenvalue weighted by Gasteiger charge is -2.10. The van der Waals surface area contributed by atoms with Gasteiger partial charge >= 0.3 is 6.36 Å². The maximum Gasteiger partial charge on any atom is 0.573 e. The summed E-state index contributed by atoms with van der Waals surface area (Å²) < 4.78 is 45.8. The van der Waals surface area contributed by atoms with Gasteiger partial charge in [-0.2, -0.15) is 0 Å². The molecule has 2 aromatic carbocycles. The van der Waals surface area contributed by atoms with Crippen LogP contribution in [0.3, 0.4) is 0 Å². The molecule has 0 aliphatic carbocycles. The van der Waals surface area contributed by atoms with Crippen LogP contribution in [0.15, 0.2) is 53.9 Å². The molecule has 0 aliphatic heterocycles. The average Bonchev–Trinajstić information content (AvgIpc) is 3.09. The molecule has 9 heteroatoms. The van der Waals surface area contributed by atoms with E-state index in [1.54, 1.807) is 12.5 Å². The number of nitrogens with zero attached hydrogens (tertiary/aromatic N) is 1. The van der Waals surface area contributed by atoms with Gasteiger partial charge in [0.25, 0.3) is 0 Å². The minimum atomic E-state index is -4.79. The van der Waals surface area contributed by atoms with Gasteiger partial charge in [-0.25, -0.2) is 4.98 Å². The Hall–Kier alpha value is -3.07. The topological polar surface area (TPSA) is 60.5 Å². The SMILES string of the molecule is COc1ccc(-c2nc(CC(=O)Nc3cccc(OC(F)(F)F)c3)cs2)cc1. The number of nitrogens with one attached hydrogen (secondary N) is 1. The highest BCUT2D eigenvalue weighted by molar-refractivity contribution is 7.13. The van der Waals surface area contributed by atoms with Gasteiger partial charge in [0.15, 0.2) is 0 Å². The molecule has 0 saturated carbocycles. The number of anilines is 1. The first-order chi connectivity index (χ1) is 13.3. The number of halogens is 3. The number of rotatable bonds is 6. The molecule has 1 heterocycles. The molecule has 28 heavy (non-hydrogen) atoms. The third-order valence-corrected chi connectivity index (χ3v) is 4.52. The fourth-order valence-electron chi connectivity index (χ4n) is 2.40. The summed E-state index contributed by atoms with van der Waals surface area (Å²) in [6.07, 6.45) is -4.79. The van der Waals surface area contributed by atoms with Gasteiger partial charge in [-0.1, -0.05) is 6.07 Å². The number of methoxy groups -OCH3 is 1. The Kier molecular flexibility index (Phi) is 5.84. The first-order valence-electron chi connectivity index (χ1n) is 8.07. The maximum atomic E-state index is 12.3. The second kappa shape index (κ2) is 8.30. The highest BCUT2D eigenvalue weighted by atomic mass is 32.1. The summed E-state index contributed by atoms with van der Waals surface area (Å²) in [5.74, 6) is -0.0619. The zero-order chi connectivity index (χ0) is 20.1. The first kappa shape index (κ1) is 19.7. The van der Waals surface area contributed by atoms with Crippen molar-refractivity contribution in [2.45, 2.75) is 12.8 Å². The van der Waals surface area contributed by atoms with Crippen molar-refractivity contribution in [1.82, 2.24) is 4.98 Å². The number of hydrogen-bond donors (Lipinski definition) is 1. The Morgan fingerprint density at radius 1 is 1.14 bits per heavy atom. The fourth-order valence-corrected chi connectivity index (χ4v) is 3.22. The third kappa shape index (κ3) is 5.46. The van der Waals surface area contributed by atoms with E-state index in [9.17, 15) is 18.0 Å². The van der Waals surface area contributed by atoms with Gasteiger partial charge in [0.1, 0.15) is 16.5 Å². The Labute approximate surface area is 162 Å². The Bertz CT molecular complexity index is 956. The summed E-state index contributed by atoms with van der Waals surface area (Å²) in [4.78, 5) is 16.6. The van der Waals surface area contributed by atoms with E-state index in [4.69, 9.17) is 4.74 Å². The van der Waals surface area contributed by atoms with Crippen molar-refractivity contribution in [3.63, 3.8) is 0 Å². The molecule has 1 amide bonds. The van der Waals surface area contributed by atoms with E-state index in [2.05, 4.69) is 15.0 Å². The van der Waals surface area contributed by atoms with Crippen LogP contribution in [0.25, 0.3) is 10.6 Å². The second-order valence-electron chi connectivity index (χ2n) is 5.67. The van der Waals surface area contributed by atoms with Crippen molar-refractivity contribution in [1.29, 1.82) is 0 Å². The van der Waals surface area contributed by atoms with Crippen LogP contribution in [0.1, 0.15) is 5.69 Å². The van der Waals surface area contributed by atoms with Crippen molar-refractivity contribution < 1.29 is 27.4 Å². The highest BCUT2D eigenvalue weighted by Crippen LogP contribution is 2.27. The van der Waals surface area contributed by atoms with Gasteiger partial charge in [0.05, 0.1) is 19.2 Å². The molecule has 0 bridgehead atoms. The summed E-state index contributed by atoms with van der Waals surface area (Å²) in [5.41, 5.74) is 1.67. The van der Waals surface area contributed by atoms with Crippen LogP contribution in [0.4, 0.5) is 18.9 Å².